The Labute approximate surface area is 109 Å². The van der Waals surface area contributed by atoms with Gasteiger partial charge in [0.25, 0.3) is 0 Å². The van der Waals surface area contributed by atoms with Gasteiger partial charge in [0.1, 0.15) is 0 Å². The van der Waals surface area contributed by atoms with E-state index in [0.29, 0.717) is 6.54 Å². The highest BCUT2D eigenvalue weighted by atomic mass is 16.5. The second kappa shape index (κ2) is 6.83. The highest BCUT2D eigenvalue weighted by molar-refractivity contribution is 5.19. The molecule has 18 heavy (non-hydrogen) atoms. The van der Waals surface area contributed by atoms with E-state index in [2.05, 4.69) is 23.0 Å². The number of nitrogens with zero attached hydrogens (tertiary/aromatic N) is 2. The maximum absolute atomic E-state index is 5.68. The van der Waals surface area contributed by atoms with Gasteiger partial charge < -0.3 is 10.5 Å². The lowest BCUT2D eigenvalue weighted by Crippen LogP contribution is -2.24. The lowest BCUT2D eigenvalue weighted by Gasteiger charge is -2.18. The zero-order valence-corrected chi connectivity index (χ0v) is 11.1. The van der Waals surface area contributed by atoms with Crippen molar-refractivity contribution in [3.63, 3.8) is 0 Å². The van der Waals surface area contributed by atoms with Crippen molar-refractivity contribution < 1.29 is 4.74 Å². The van der Waals surface area contributed by atoms with E-state index in [9.17, 15) is 0 Å². The summed E-state index contributed by atoms with van der Waals surface area (Å²) in [5.74, 6) is 0.845. The minimum absolute atomic E-state index is 0.502. The van der Waals surface area contributed by atoms with E-state index in [1.165, 1.54) is 18.4 Å². The molecule has 0 aliphatic heterocycles. The van der Waals surface area contributed by atoms with E-state index in [0.717, 1.165) is 37.9 Å². The van der Waals surface area contributed by atoms with Gasteiger partial charge in [0.2, 0.25) is 0 Å². The number of pyridine rings is 1. The number of hydrogen-bond donors (Lipinski definition) is 1. The van der Waals surface area contributed by atoms with E-state index < -0.39 is 0 Å². The van der Waals surface area contributed by atoms with Crippen LogP contribution in [-0.2, 0) is 17.8 Å². The minimum Gasteiger partial charge on any atom is -0.380 e. The van der Waals surface area contributed by atoms with Gasteiger partial charge in [0.15, 0.2) is 0 Å². The predicted molar refractivity (Wildman–Crippen MR) is 72.0 cm³/mol. The Morgan fingerprint density at radius 3 is 3.06 bits per heavy atom. The van der Waals surface area contributed by atoms with Gasteiger partial charge >= 0.3 is 0 Å². The van der Waals surface area contributed by atoms with Crippen molar-refractivity contribution in [3.8, 4) is 0 Å². The summed E-state index contributed by atoms with van der Waals surface area (Å²) in [6.07, 6.45) is 4.50. The van der Waals surface area contributed by atoms with Gasteiger partial charge in [-0.05, 0) is 37.4 Å². The molecule has 0 radical (unpaired) electrons. The molecule has 2 N–H and O–H groups in total. The van der Waals surface area contributed by atoms with Crippen molar-refractivity contribution >= 4 is 0 Å². The van der Waals surface area contributed by atoms with Gasteiger partial charge in [-0.2, -0.15) is 0 Å². The zero-order valence-electron chi connectivity index (χ0n) is 11.1. The third-order valence-corrected chi connectivity index (χ3v) is 3.29. The minimum atomic E-state index is 0.502. The average molecular weight is 249 g/mol. The molecule has 0 bridgehead atoms. The quantitative estimate of drug-likeness (QED) is 0.708. The van der Waals surface area contributed by atoms with Gasteiger partial charge in [-0.3, -0.25) is 9.88 Å². The lowest BCUT2D eigenvalue weighted by molar-refractivity contribution is 0.102. The fraction of sp³-hybridized carbons (Fsp3) is 0.643. The van der Waals surface area contributed by atoms with Crippen molar-refractivity contribution in [1.29, 1.82) is 0 Å². The molecule has 0 aromatic carbocycles. The van der Waals surface area contributed by atoms with Crippen LogP contribution in [0.4, 0.5) is 0 Å². The van der Waals surface area contributed by atoms with Crippen LogP contribution >= 0.6 is 0 Å². The highest BCUT2D eigenvalue weighted by Gasteiger charge is 2.20. The molecule has 4 nitrogen and oxygen atoms in total. The van der Waals surface area contributed by atoms with Crippen LogP contribution in [0.15, 0.2) is 18.3 Å². The Balaban J connectivity index is 1.70. The van der Waals surface area contributed by atoms with Crippen molar-refractivity contribution in [2.24, 2.45) is 11.7 Å². The van der Waals surface area contributed by atoms with Crippen LogP contribution in [0.5, 0.6) is 0 Å². The highest BCUT2D eigenvalue weighted by Crippen LogP contribution is 2.28. The van der Waals surface area contributed by atoms with Gasteiger partial charge in [0, 0.05) is 32.4 Å². The molecule has 0 atom stereocenters. The van der Waals surface area contributed by atoms with Crippen LogP contribution in [0.3, 0.4) is 0 Å². The number of ether oxygens (including phenoxy) is 1. The van der Waals surface area contributed by atoms with E-state index in [-0.39, 0.29) is 0 Å². The maximum atomic E-state index is 5.68. The molecular formula is C14H23N3O. The van der Waals surface area contributed by atoms with Crippen LogP contribution in [0, 0.1) is 5.92 Å². The second-order valence-corrected chi connectivity index (χ2v) is 5.07. The lowest BCUT2D eigenvalue weighted by atomic mass is 10.2. The molecule has 1 aliphatic rings. The van der Waals surface area contributed by atoms with Crippen LogP contribution in [-0.4, -0.2) is 36.7 Å². The van der Waals surface area contributed by atoms with Crippen LogP contribution in [0.1, 0.15) is 24.1 Å². The molecule has 1 saturated carbocycles. The number of likely N-dealkylation sites (N-methyl/N-ethyl adjacent to an activating group) is 1. The first-order chi connectivity index (χ1) is 8.79. The maximum Gasteiger partial charge on any atom is 0.0593 e. The van der Waals surface area contributed by atoms with Crippen molar-refractivity contribution in [2.75, 3.05) is 26.8 Å². The first-order valence-corrected chi connectivity index (χ1v) is 6.68. The summed E-state index contributed by atoms with van der Waals surface area (Å²) >= 11 is 0. The Hall–Kier alpha value is -0.970. The third-order valence-electron chi connectivity index (χ3n) is 3.29. The zero-order chi connectivity index (χ0) is 12.8. The first-order valence-electron chi connectivity index (χ1n) is 6.68. The van der Waals surface area contributed by atoms with E-state index in [1.807, 2.05) is 6.07 Å². The molecule has 2 rings (SSSR count). The van der Waals surface area contributed by atoms with Crippen LogP contribution in [0.2, 0.25) is 0 Å². The fourth-order valence-corrected chi connectivity index (χ4v) is 1.92. The molecule has 0 amide bonds. The molecular weight excluding hydrogens is 226 g/mol. The normalized spacial score (nSPS) is 15.3. The van der Waals surface area contributed by atoms with Crippen LogP contribution in [0.25, 0.3) is 0 Å². The second-order valence-electron chi connectivity index (χ2n) is 5.07. The van der Waals surface area contributed by atoms with Gasteiger partial charge in [-0.15, -0.1) is 0 Å². The van der Waals surface area contributed by atoms with Gasteiger partial charge in [0.05, 0.1) is 12.3 Å². The molecule has 1 fully saturated rings. The third kappa shape index (κ3) is 4.37. The summed E-state index contributed by atoms with van der Waals surface area (Å²) in [4.78, 5) is 6.55. The molecule has 1 aliphatic carbocycles. The Morgan fingerprint density at radius 1 is 1.50 bits per heavy atom. The standard InChI is InChI=1S/C14H23N3O/c1-17(7-8-18-11-12-4-5-12)10-13-3-2-6-16-14(13)9-15/h2-3,6,12H,4-5,7-11,15H2,1H3. The van der Waals surface area contributed by atoms with E-state index in [1.54, 1.807) is 6.20 Å². The summed E-state index contributed by atoms with van der Waals surface area (Å²) < 4.78 is 5.64. The Kier molecular flexibility index (Phi) is 5.11. The van der Waals surface area contributed by atoms with E-state index >= 15 is 0 Å². The average Bonchev–Trinajstić information content (AvgIpc) is 3.19. The van der Waals surface area contributed by atoms with Gasteiger partial charge in [-0.25, -0.2) is 0 Å². The molecule has 1 heterocycles. The summed E-state index contributed by atoms with van der Waals surface area (Å²) in [6.45, 7) is 4.08. The molecule has 1 aromatic heterocycles. The number of rotatable bonds is 8. The summed E-state index contributed by atoms with van der Waals surface area (Å²) in [5.41, 5.74) is 7.88. The molecule has 0 spiro atoms. The number of hydrogen-bond acceptors (Lipinski definition) is 4. The summed E-state index contributed by atoms with van der Waals surface area (Å²) in [7, 11) is 2.10. The molecule has 0 saturated heterocycles. The van der Waals surface area contributed by atoms with E-state index in [4.69, 9.17) is 10.5 Å². The van der Waals surface area contributed by atoms with Crippen LogP contribution < -0.4 is 5.73 Å². The monoisotopic (exact) mass is 249 g/mol. The number of nitrogens with two attached hydrogens (primary N) is 1. The molecule has 0 unspecified atom stereocenters. The predicted octanol–water partition coefficient (Wildman–Crippen LogP) is 1.40. The SMILES string of the molecule is CN(CCOCC1CC1)Cc1cccnc1CN. The Morgan fingerprint density at radius 2 is 2.33 bits per heavy atom. The molecule has 1 aromatic rings. The fourth-order valence-electron chi connectivity index (χ4n) is 1.92. The van der Waals surface area contributed by atoms with Crippen molar-refractivity contribution in [2.45, 2.75) is 25.9 Å². The Bertz CT molecular complexity index is 366. The molecule has 4 heteroatoms. The first kappa shape index (κ1) is 13.5. The number of aromatic nitrogens is 1. The molecule has 100 valence electrons. The van der Waals surface area contributed by atoms with Gasteiger partial charge in [-0.1, -0.05) is 6.07 Å². The topological polar surface area (TPSA) is 51.4 Å². The summed E-state index contributed by atoms with van der Waals surface area (Å²) in [5, 5.41) is 0. The summed E-state index contributed by atoms with van der Waals surface area (Å²) in [6, 6.07) is 4.06. The largest absolute Gasteiger partial charge is 0.380 e. The van der Waals surface area contributed by atoms with Crippen molar-refractivity contribution in [1.82, 2.24) is 9.88 Å². The van der Waals surface area contributed by atoms with Crippen molar-refractivity contribution in [3.05, 3.63) is 29.6 Å². The smallest absolute Gasteiger partial charge is 0.0593 e.